The van der Waals surface area contributed by atoms with E-state index in [2.05, 4.69) is 25.9 Å². The van der Waals surface area contributed by atoms with Crippen LogP contribution in [0.5, 0.6) is 0 Å². The number of hydrogen-bond acceptors (Lipinski definition) is 8. The van der Waals surface area contributed by atoms with Crippen LogP contribution in [0.1, 0.15) is 11.1 Å². The quantitative estimate of drug-likeness (QED) is 0.386. The lowest BCUT2D eigenvalue weighted by molar-refractivity contribution is -0.384. The van der Waals surface area contributed by atoms with E-state index in [1.54, 1.807) is 30.3 Å². The number of nitrogens with zero attached hydrogens (tertiary/aromatic N) is 7. The first kappa shape index (κ1) is 18.3. The Morgan fingerprint density at radius 1 is 1.32 bits per heavy atom. The zero-order valence-electron chi connectivity index (χ0n) is 14.3. The maximum absolute atomic E-state index is 11.9. The summed E-state index contributed by atoms with van der Waals surface area (Å²) in [7, 11) is 0. The van der Waals surface area contributed by atoms with Gasteiger partial charge < -0.3 is 0 Å². The van der Waals surface area contributed by atoms with Crippen molar-refractivity contribution in [2.45, 2.75) is 6.54 Å². The molecule has 11 heteroatoms. The van der Waals surface area contributed by atoms with Crippen molar-refractivity contribution in [1.82, 2.24) is 25.6 Å². The Kier molecular flexibility index (Phi) is 5.42. The second-order valence-electron chi connectivity index (χ2n) is 5.45. The van der Waals surface area contributed by atoms with Gasteiger partial charge in [0, 0.05) is 23.3 Å². The van der Waals surface area contributed by atoms with Crippen molar-refractivity contribution >= 4 is 17.8 Å². The molecule has 0 aliphatic heterocycles. The molecule has 28 heavy (non-hydrogen) atoms. The Balaban J connectivity index is 1.62. The molecule has 1 aromatic heterocycles. The van der Waals surface area contributed by atoms with Crippen LogP contribution < -0.4 is 5.43 Å². The number of carbonyl (C=O) groups is 1. The maximum atomic E-state index is 11.9. The molecule has 1 heterocycles. The Bertz CT molecular complexity index is 1100. The molecule has 1 amide bonds. The van der Waals surface area contributed by atoms with Crippen LogP contribution in [-0.4, -0.2) is 37.3 Å². The van der Waals surface area contributed by atoms with Gasteiger partial charge in [0.1, 0.15) is 6.54 Å². The highest BCUT2D eigenvalue weighted by Crippen LogP contribution is 2.18. The number of aromatic nitrogens is 4. The molecular formula is C17H12N8O3. The van der Waals surface area contributed by atoms with E-state index in [4.69, 9.17) is 5.26 Å². The average Bonchev–Trinajstić information content (AvgIpc) is 3.16. The van der Waals surface area contributed by atoms with Gasteiger partial charge in [-0.05, 0) is 17.3 Å². The molecule has 2 aromatic carbocycles. The van der Waals surface area contributed by atoms with Crippen molar-refractivity contribution in [1.29, 1.82) is 5.26 Å². The van der Waals surface area contributed by atoms with Crippen molar-refractivity contribution in [3.05, 3.63) is 69.8 Å². The highest BCUT2D eigenvalue weighted by Gasteiger charge is 2.12. The van der Waals surface area contributed by atoms with Gasteiger partial charge in [0.25, 0.3) is 11.6 Å². The smallest absolute Gasteiger partial charge is 0.270 e. The van der Waals surface area contributed by atoms with E-state index >= 15 is 0 Å². The van der Waals surface area contributed by atoms with Crippen LogP contribution in [0.4, 0.5) is 5.69 Å². The number of nitriles is 1. The summed E-state index contributed by atoms with van der Waals surface area (Å²) in [6, 6.07) is 14.6. The third-order valence-corrected chi connectivity index (χ3v) is 3.51. The first-order valence-corrected chi connectivity index (χ1v) is 7.90. The highest BCUT2D eigenvalue weighted by molar-refractivity contribution is 5.83. The lowest BCUT2D eigenvalue weighted by Gasteiger charge is -1.99. The van der Waals surface area contributed by atoms with Crippen LogP contribution in [0.15, 0.2) is 53.6 Å². The predicted molar refractivity (Wildman–Crippen MR) is 96.8 cm³/mol. The SMILES string of the molecule is N#Cc1ccccc1-c1nnn(CC(=O)N/N=C\c2cccc([N+](=O)[O-])c2)n1. The number of nitro benzene ring substituents is 1. The molecule has 0 bridgehead atoms. The fraction of sp³-hybridized carbons (Fsp3) is 0.0588. The summed E-state index contributed by atoms with van der Waals surface area (Å²) in [6.07, 6.45) is 1.29. The van der Waals surface area contributed by atoms with E-state index in [0.717, 1.165) is 4.80 Å². The van der Waals surface area contributed by atoms with Gasteiger partial charge in [-0.1, -0.05) is 24.3 Å². The molecule has 0 saturated heterocycles. The average molecular weight is 376 g/mol. The lowest BCUT2D eigenvalue weighted by Crippen LogP contribution is -2.24. The molecule has 3 aromatic rings. The molecule has 1 N–H and O–H groups in total. The van der Waals surface area contributed by atoms with Crippen LogP contribution >= 0.6 is 0 Å². The van der Waals surface area contributed by atoms with Crippen molar-refractivity contribution < 1.29 is 9.72 Å². The topological polar surface area (TPSA) is 152 Å². The lowest BCUT2D eigenvalue weighted by atomic mass is 10.1. The number of carbonyl (C=O) groups excluding carboxylic acids is 1. The van der Waals surface area contributed by atoms with E-state index in [9.17, 15) is 14.9 Å². The highest BCUT2D eigenvalue weighted by atomic mass is 16.6. The van der Waals surface area contributed by atoms with E-state index in [1.807, 2.05) is 6.07 Å². The first-order chi connectivity index (χ1) is 13.6. The summed E-state index contributed by atoms with van der Waals surface area (Å²) in [4.78, 5) is 23.2. The third kappa shape index (κ3) is 4.38. The van der Waals surface area contributed by atoms with Crippen LogP contribution in [0, 0.1) is 21.4 Å². The van der Waals surface area contributed by atoms with Crippen LogP contribution in [0.25, 0.3) is 11.4 Å². The molecule has 138 valence electrons. The number of non-ortho nitro benzene ring substituents is 1. The third-order valence-electron chi connectivity index (χ3n) is 3.51. The zero-order valence-corrected chi connectivity index (χ0v) is 14.3. The van der Waals surface area contributed by atoms with E-state index in [1.165, 1.54) is 24.4 Å². The molecule has 0 fully saturated rings. The molecule has 0 aliphatic rings. The van der Waals surface area contributed by atoms with Crippen molar-refractivity contribution in [2.24, 2.45) is 5.10 Å². The Hall–Kier alpha value is -4.46. The summed E-state index contributed by atoms with van der Waals surface area (Å²) >= 11 is 0. The summed E-state index contributed by atoms with van der Waals surface area (Å²) in [5, 5.41) is 35.3. The summed E-state index contributed by atoms with van der Waals surface area (Å²) in [5.41, 5.74) is 3.58. The number of nitro groups is 1. The molecular weight excluding hydrogens is 364 g/mol. The van der Waals surface area contributed by atoms with Crippen molar-refractivity contribution in [2.75, 3.05) is 0 Å². The molecule has 3 rings (SSSR count). The minimum absolute atomic E-state index is 0.0766. The Morgan fingerprint density at radius 3 is 2.93 bits per heavy atom. The number of benzene rings is 2. The molecule has 0 aliphatic carbocycles. The summed E-state index contributed by atoms with van der Waals surface area (Å²) in [6.45, 7) is -0.242. The molecule has 0 saturated carbocycles. The van der Waals surface area contributed by atoms with Crippen LogP contribution in [0.2, 0.25) is 0 Å². The monoisotopic (exact) mass is 376 g/mol. The van der Waals surface area contributed by atoms with E-state index < -0.39 is 10.8 Å². The van der Waals surface area contributed by atoms with Crippen molar-refractivity contribution in [3.8, 4) is 17.5 Å². The number of tetrazole rings is 1. The van der Waals surface area contributed by atoms with Gasteiger partial charge in [-0.3, -0.25) is 14.9 Å². The van der Waals surface area contributed by atoms with E-state index in [-0.39, 0.29) is 18.1 Å². The standard InChI is InChI=1S/C17H12N8O3/c18-9-13-5-1-2-7-15(13)17-21-23-24(22-17)11-16(26)20-19-10-12-4-3-6-14(8-12)25(27)28/h1-8,10H,11H2,(H,20,26)/b19-10-. The van der Waals surface area contributed by atoms with Crippen LogP contribution in [-0.2, 0) is 11.3 Å². The van der Waals surface area contributed by atoms with Gasteiger partial charge in [-0.15, -0.1) is 10.2 Å². The maximum Gasteiger partial charge on any atom is 0.270 e. The first-order valence-electron chi connectivity index (χ1n) is 7.90. The van der Waals surface area contributed by atoms with Crippen molar-refractivity contribution in [3.63, 3.8) is 0 Å². The van der Waals surface area contributed by atoms with Gasteiger partial charge in [0.15, 0.2) is 0 Å². The van der Waals surface area contributed by atoms with Gasteiger partial charge in [-0.2, -0.15) is 15.2 Å². The molecule has 0 radical (unpaired) electrons. The fourth-order valence-corrected chi connectivity index (χ4v) is 2.25. The number of rotatable bonds is 6. The molecule has 11 nitrogen and oxygen atoms in total. The fourth-order valence-electron chi connectivity index (χ4n) is 2.25. The van der Waals surface area contributed by atoms with Gasteiger partial charge in [0.05, 0.1) is 22.8 Å². The largest absolute Gasteiger partial charge is 0.271 e. The number of nitrogens with one attached hydrogen (secondary N) is 1. The summed E-state index contributed by atoms with van der Waals surface area (Å²) < 4.78 is 0. The van der Waals surface area contributed by atoms with Gasteiger partial charge in [0.2, 0.25) is 5.82 Å². The molecule has 0 spiro atoms. The number of hydrazone groups is 1. The Morgan fingerprint density at radius 2 is 2.14 bits per heavy atom. The summed E-state index contributed by atoms with van der Waals surface area (Å²) in [5.74, 6) is -0.288. The molecule has 0 unspecified atom stereocenters. The number of amides is 1. The Labute approximate surface area is 158 Å². The number of hydrogen-bond donors (Lipinski definition) is 1. The second-order valence-corrected chi connectivity index (χ2v) is 5.45. The van der Waals surface area contributed by atoms with Gasteiger partial charge >= 0.3 is 0 Å². The zero-order chi connectivity index (χ0) is 19.9. The minimum Gasteiger partial charge on any atom is -0.271 e. The second kappa shape index (κ2) is 8.28. The normalized spacial score (nSPS) is 10.5. The predicted octanol–water partition coefficient (Wildman–Crippen LogP) is 1.27. The van der Waals surface area contributed by atoms with Crippen LogP contribution in [0.3, 0.4) is 0 Å². The molecule has 0 atom stereocenters. The van der Waals surface area contributed by atoms with E-state index in [0.29, 0.717) is 16.7 Å². The van der Waals surface area contributed by atoms with Gasteiger partial charge in [-0.25, -0.2) is 5.43 Å². The minimum atomic E-state index is -0.519.